The van der Waals surface area contributed by atoms with Crippen molar-refractivity contribution in [3.05, 3.63) is 141 Å². The molecule has 4 unspecified atom stereocenters. The van der Waals surface area contributed by atoms with Crippen molar-refractivity contribution in [2.75, 3.05) is 0 Å². The SMILES string of the molecule is OC1(c2nc3c(F)cc(Br)cc3s2)[C@@H]2CC[C@H]1CC(OCc1c(-c3c(Cl)cccc3Cl)noc1C1CC1)C2.[C-]#[N+]c1cc(F)c2nc(C3(O)[C@@H]4CC[C@H]3CC(OCc3c(-c5c(Cl)cccc5Cl)noc3C3CC3)C4)sc2c1. The molecule has 0 radical (unpaired) electrons. The van der Waals surface area contributed by atoms with E-state index in [-0.39, 0.29) is 52.9 Å². The van der Waals surface area contributed by atoms with Crippen LogP contribution >= 0.6 is 85.0 Å². The fourth-order valence-corrected chi connectivity index (χ4v) is 17.1. The van der Waals surface area contributed by atoms with E-state index in [1.165, 1.54) is 34.8 Å². The Morgan fingerprint density at radius 3 is 1.43 bits per heavy atom. The molecule has 4 aromatic heterocycles. The quantitative estimate of drug-likeness (QED) is 0.114. The van der Waals surface area contributed by atoms with Crippen LogP contribution in [0.5, 0.6) is 0 Å². The van der Waals surface area contributed by atoms with Gasteiger partial charge in [-0.25, -0.2) is 23.6 Å². The molecule has 11 nitrogen and oxygen atoms in total. The summed E-state index contributed by atoms with van der Waals surface area (Å²) in [4.78, 5) is 12.5. The Morgan fingerprint density at radius 2 is 1.03 bits per heavy atom. The number of aliphatic hydroxyl groups is 2. The number of ether oxygens (including phenoxy) is 2. The molecule has 6 saturated carbocycles. The Bertz CT molecular complexity index is 3600. The zero-order chi connectivity index (χ0) is 53.1. The molecule has 4 heterocycles. The van der Waals surface area contributed by atoms with E-state index in [4.69, 9.17) is 71.5 Å². The predicted octanol–water partition coefficient (Wildman–Crippen LogP) is 17.0. The van der Waals surface area contributed by atoms with E-state index >= 15 is 0 Å². The molecule has 20 heteroatoms. The summed E-state index contributed by atoms with van der Waals surface area (Å²) in [6, 6.07) is 16.9. The largest absolute Gasteiger partial charge is 0.382 e. The van der Waals surface area contributed by atoms with Crippen molar-refractivity contribution in [1.29, 1.82) is 0 Å². The van der Waals surface area contributed by atoms with Crippen LogP contribution in [0.2, 0.25) is 20.1 Å². The zero-order valence-corrected chi connectivity index (χ0v) is 47.3. The second-order valence-electron chi connectivity index (χ2n) is 21.6. The first-order valence-electron chi connectivity index (χ1n) is 26.0. The van der Waals surface area contributed by atoms with Crippen LogP contribution in [0.15, 0.2) is 74.2 Å². The first-order valence-corrected chi connectivity index (χ1v) is 29.9. The summed E-state index contributed by atoms with van der Waals surface area (Å²) in [6.45, 7) is 7.89. The maximum atomic E-state index is 14.6. The summed E-state index contributed by atoms with van der Waals surface area (Å²) in [7, 11) is 0. The van der Waals surface area contributed by atoms with Crippen LogP contribution in [-0.4, -0.2) is 42.7 Å². The minimum atomic E-state index is -1.12. The van der Waals surface area contributed by atoms with Crippen LogP contribution in [0.3, 0.4) is 0 Å². The molecule has 0 aliphatic heterocycles. The third kappa shape index (κ3) is 9.35. The van der Waals surface area contributed by atoms with Crippen molar-refractivity contribution < 1.29 is 37.5 Å². The highest BCUT2D eigenvalue weighted by Crippen LogP contribution is 2.59. The van der Waals surface area contributed by atoms with Gasteiger partial charge in [0.2, 0.25) is 0 Å². The second kappa shape index (κ2) is 20.5. The number of fused-ring (bicyclic) bond motifs is 6. The van der Waals surface area contributed by atoms with E-state index in [2.05, 4.69) is 41.1 Å². The van der Waals surface area contributed by atoms with E-state index in [0.717, 1.165) is 78.7 Å². The Hall–Kier alpha value is -4.09. The van der Waals surface area contributed by atoms with E-state index in [1.54, 1.807) is 36.4 Å². The van der Waals surface area contributed by atoms with Gasteiger partial charge in [0, 0.05) is 43.3 Å². The van der Waals surface area contributed by atoms with E-state index in [1.807, 2.05) is 12.1 Å². The van der Waals surface area contributed by atoms with Crippen LogP contribution < -0.4 is 0 Å². The Morgan fingerprint density at radius 1 is 0.623 bits per heavy atom. The van der Waals surface area contributed by atoms with Crippen molar-refractivity contribution in [2.45, 2.75) is 126 Å². The van der Waals surface area contributed by atoms with E-state index in [0.29, 0.717) is 118 Å². The summed E-state index contributed by atoms with van der Waals surface area (Å²) in [5.74, 6) is 1.39. The number of hydrogen-bond acceptors (Lipinski definition) is 12. The van der Waals surface area contributed by atoms with Crippen LogP contribution in [0.1, 0.15) is 122 Å². The summed E-state index contributed by atoms with van der Waals surface area (Å²) in [5.41, 5.74) is 2.97. The van der Waals surface area contributed by atoms with Gasteiger partial charge in [-0.2, -0.15) is 0 Å². The van der Waals surface area contributed by atoms with Gasteiger partial charge in [-0.05, 0) is 149 Å². The van der Waals surface area contributed by atoms with Gasteiger partial charge in [-0.1, -0.05) is 84.8 Å². The molecule has 77 heavy (non-hydrogen) atoms. The normalized spacial score (nSPS) is 26.6. The van der Waals surface area contributed by atoms with Gasteiger partial charge in [0.1, 0.15) is 61.0 Å². The first-order chi connectivity index (χ1) is 37.2. The lowest BCUT2D eigenvalue weighted by atomic mass is 9.73. The van der Waals surface area contributed by atoms with Gasteiger partial charge in [-0.15, -0.1) is 22.7 Å². The van der Waals surface area contributed by atoms with Gasteiger partial charge < -0.3 is 28.7 Å². The second-order valence-corrected chi connectivity index (χ2v) is 26.2. The zero-order valence-electron chi connectivity index (χ0n) is 41.0. The lowest BCUT2D eigenvalue weighted by Gasteiger charge is -2.41. The molecular weight excluding hydrogens is 1170 g/mol. The van der Waals surface area contributed by atoms with Crippen LogP contribution in [0.25, 0.3) is 47.8 Å². The maximum absolute atomic E-state index is 14.6. The van der Waals surface area contributed by atoms with Gasteiger partial charge in [0.25, 0.3) is 0 Å². The topological polar surface area (TPSA) is 141 Å². The van der Waals surface area contributed by atoms with E-state index in [9.17, 15) is 19.0 Å². The molecule has 8 aromatic rings. The number of rotatable bonds is 12. The molecule has 4 aromatic carbocycles. The average Bonchev–Trinajstić information content (AvgIpc) is 4.33. The average molecular weight is 1220 g/mol. The monoisotopic (exact) mass is 1220 g/mol. The Balaban J connectivity index is 0.000000147. The summed E-state index contributed by atoms with van der Waals surface area (Å²) < 4.78 is 55.7. The highest BCUT2D eigenvalue weighted by atomic mass is 79.9. The van der Waals surface area contributed by atoms with Crippen molar-refractivity contribution in [2.24, 2.45) is 23.7 Å². The summed E-state index contributed by atoms with van der Waals surface area (Å²) in [6.07, 6.45) is 10.4. The van der Waals surface area contributed by atoms with Gasteiger partial charge in [0.15, 0.2) is 11.5 Å². The number of halogens is 7. The van der Waals surface area contributed by atoms with Crippen molar-refractivity contribution in [3.8, 4) is 22.5 Å². The van der Waals surface area contributed by atoms with Crippen LogP contribution in [-0.2, 0) is 33.9 Å². The molecular formula is C57H48BrCl4F2N5O6S2. The lowest BCUT2D eigenvalue weighted by molar-refractivity contribution is -0.116. The molecule has 6 aliphatic carbocycles. The summed E-state index contributed by atoms with van der Waals surface area (Å²) >= 11 is 32.1. The Kier molecular flexibility index (Phi) is 13.9. The molecule has 0 saturated heterocycles. The van der Waals surface area contributed by atoms with Crippen molar-refractivity contribution in [3.63, 3.8) is 0 Å². The highest BCUT2D eigenvalue weighted by Gasteiger charge is 2.58. The third-order valence-electron chi connectivity index (χ3n) is 16.9. The van der Waals surface area contributed by atoms with E-state index < -0.39 is 17.0 Å². The van der Waals surface area contributed by atoms with Crippen LogP contribution in [0, 0.1) is 41.9 Å². The minimum absolute atomic E-state index is 0.00109. The van der Waals surface area contributed by atoms with Crippen LogP contribution in [0.4, 0.5) is 14.5 Å². The minimum Gasteiger partial charge on any atom is -0.382 e. The van der Waals surface area contributed by atoms with Gasteiger partial charge >= 0.3 is 0 Å². The highest BCUT2D eigenvalue weighted by molar-refractivity contribution is 9.10. The molecule has 8 atom stereocenters. The molecule has 6 fully saturated rings. The molecule has 4 bridgehead atoms. The predicted molar refractivity (Wildman–Crippen MR) is 297 cm³/mol. The lowest BCUT2D eigenvalue weighted by Crippen LogP contribution is -2.44. The third-order valence-corrected chi connectivity index (χ3v) is 20.9. The molecule has 2 N–H and O–H groups in total. The molecule has 398 valence electrons. The number of nitrogens with zero attached hydrogens (tertiary/aromatic N) is 5. The number of hydrogen-bond donors (Lipinski definition) is 2. The van der Waals surface area contributed by atoms with Gasteiger partial charge in [0.05, 0.1) is 56.8 Å². The van der Waals surface area contributed by atoms with Gasteiger partial charge in [-0.3, -0.25) is 0 Å². The molecule has 6 aliphatic rings. The number of benzene rings is 4. The standard InChI is InChI=1S/C29H24Cl2FN3O3S.C28H24BrCl2FN2O3S/c1-33-17-11-22(32)26-23(12-17)39-28(34-26)29(36)15-7-8-16(29)10-18(9-15)37-13-19-25(35-38-27(19)14-5-6-14)24-20(30)3-2-4-21(24)31;29-16-10-21(32)25-22(11-16)38-27(33-25)28(35)14-6-7-15(28)9-17(8-14)36-12-18-24(34-37-26(18)13-4-5-13)23-19(30)2-1-3-20(23)31/h2-4,11-12,14-16,18,36H,5-10,13H2;1-3,10-11,13-15,17,35H,4-9,12H2/t15-,16+,18?,29?;14-,15+,17?,28?. The Labute approximate surface area is 478 Å². The number of thiazole rings is 2. The maximum Gasteiger partial charge on any atom is 0.191 e. The van der Waals surface area contributed by atoms with Crippen molar-refractivity contribution >= 4 is 111 Å². The fraction of sp³-hybridized carbons (Fsp3) is 0.421. The smallest absolute Gasteiger partial charge is 0.191 e. The molecule has 14 rings (SSSR count). The molecule has 0 amide bonds. The summed E-state index contributed by atoms with van der Waals surface area (Å²) in [5, 5.41) is 35.9. The van der Waals surface area contributed by atoms with Crippen molar-refractivity contribution in [1.82, 2.24) is 20.3 Å². The molecule has 0 spiro atoms. The first kappa shape index (κ1) is 52.3. The number of aromatic nitrogens is 4. The fourth-order valence-electron chi connectivity index (χ4n) is 12.8.